The van der Waals surface area contributed by atoms with E-state index < -0.39 is 18.3 Å². The summed E-state index contributed by atoms with van der Waals surface area (Å²) in [4.78, 5) is 0. The molecule has 0 saturated carbocycles. The van der Waals surface area contributed by atoms with Gasteiger partial charge in [-0.3, -0.25) is 0 Å². The van der Waals surface area contributed by atoms with Crippen LogP contribution >= 0.6 is 0 Å². The van der Waals surface area contributed by atoms with E-state index in [9.17, 15) is 0 Å². The van der Waals surface area contributed by atoms with E-state index in [4.69, 9.17) is 13.7 Å². The molecule has 2 heterocycles. The molecule has 4 heteroatoms. The predicted molar refractivity (Wildman–Crippen MR) is 172 cm³/mol. The maximum atomic E-state index is 6.47. The SMILES string of the molecule is Cc1cc(-c2ccc3oc4cccc(B5OC(C)(C)C(C)(C)O5)c4c3c2)cc2c3ccccc3c3ccccc3c12. The Hall–Kier alpha value is -4.12. The summed E-state index contributed by atoms with van der Waals surface area (Å²) in [6.07, 6.45) is 0. The largest absolute Gasteiger partial charge is 0.495 e. The van der Waals surface area contributed by atoms with Crippen molar-refractivity contribution in [1.29, 1.82) is 0 Å². The van der Waals surface area contributed by atoms with Crippen LogP contribution in [0.25, 0.3) is 65.4 Å². The maximum absolute atomic E-state index is 6.47. The average Bonchev–Trinajstić information content (AvgIpc) is 3.44. The standard InChI is InChI=1S/C37H31BO3/c1-22-19-24(21-29-27-13-7-6-11-25(27)26-12-8-9-14-28(26)34(22)29)23-17-18-32-30(20-23)35-31(15-10-16-33(35)39-32)38-40-36(2,3)37(4,5)41-38/h6-21H,1-5H3. The topological polar surface area (TPSA) is 31.6 Å². The lowest BCUT2D eigenvalue weighted by Gasteiger charge is -2.32. The van der Waals surface area contributed by atoms with Crippen molar-refractivity contribution in [2.75, 3.05) is 0 Å². The Kier molecular flexibility index (Phi) is 5.08. The second kappa shape index (κ2) is 8.45. The molecule has 1 saturated heterocycles. The van der Waals surface area contributed by atoms with Gasteiger partial charge >= 0.3 is 7.12 Å². The molecule has 41 heavy (non-hydrogen) atoms. The van der Waals surface area contributed by atoms with Crippen molar-refractivity contribution in [1.82, 2.24) is 0 Å². The molecule has 0 radical (unpaired) electrons. The number of aryl methyl sites for hydroxylation is 1. The van der Waals surface area contributed by atoms with Crippen molar-refractivity contribution in [2.24, 2.45) is 0 Å². The van der Waals surface area contributed by atoms with Crippen molar-refractivity contribution in [3.05, 3.63) is 103 Å². The number of hydrogen-bond acceptors (Lipinski definition) is 3. The molecule has 0 aliphatic carbocycles. The van der Waals surface area contributed by atoms with Crippen LogP contribution < -0.4 is 5.46 Å². The zero-order chi connectivity index (χ0) is 28.1. The lowest BCUT2D eigenvalue weighted by Crippen LogP contribution is -2.41. The van der Waals surface area contributed by atoms with Gasteiger partial charge in [0, 0.05) is 10.8 Å². The van der Waals surface area contributed by atoms with E-state index in [1.807, 2.05) is 12.1 Å². The summed E-state index contributed by atoms with van der Waals surface area (Å²) in [6.45, 7) is 10.6. The van der Waals surface area contributed by atoms with Crippen molar-refractivity contribution in [3.8, 4) is 11.1 Å². The van der Waals surface area contributed by atoms with E-state index in [1.165, 1.54) is 43.4 Å². The highest BCUT2D eigenvalue weighted by Crippen LogP contribution is 2.41. The van der Waals surface area contributed by atoms with Gasteiger partial charge in [0.05, 0.1) is 11.2 Å². The van der Waals surface area contributed by atoms with Crippen molar-refractivity contribution in [2.45, 2.75) is 45.8 Å². The number of hydrogen-bond donors (Lipinski definition) is 0. The van der Waals surface area contributed by atoms with Gasteiger partial charge in [-0.2, -0.15) is 0 Å². The summed E-state index contributed by atoms with van der Waals surface area (Å²) >= 11 is 0. The van der Waals surface area contributed by atoms with Crippen LogP contribution in [0.5, 0.6) is 0 Å². The first-order valence-electron chi connectivity index (χ1n) is 14.4. The summed E-state index contributed by atoms with van der Waals surface area (Å²) < 4.78 is 19.3. The summed E-state index contributed by atoms with van der Waals surface area (Å²) in [5.41, 5.74) is 5.50. The van der Waals surface area contributed by atoms with E-state index in [1.54, 1.807) is 0 Å². The Morgan fingerprint density at radius 3 is 1.83 bits per heavy atom. The molecule has 7 aromatic rings. The van der Waals surface area contributed by atoms with E-state index in [0.29, 0.717) is 0 Å². The monoisotopic (exact) mass is 534 g/mol. The lowest BCUT2D eigenvalue weighted by molar-refractivity contribution is 0.00578. The fourth-order valence-electron chi connectivity index (χ4n) is 6.61. The summed E-state index contributed by atoms with van der Waals surface area (Å²) in [7, 11) is -0.462. The fraction of sp³-hybridized carbons (Fsp3) is 0.189. The third-order valence-corrected chi connectivity index (χ3v) is 9.41. The first-order chi connectivity index (χ1) is 19.7. The highest BCUT2D eigenvalue weighted by Gasteiger charge is 2.52. The molecule has 0 unspecified atom stereocenters. The van der Waals surface area contributed by atoms with E-state index in [-0.39, 0.29) is 0 Å². The number of furan rings is 1. The molecule has 8 rings (SSSR count). The van der Waals surface area contributed by atoms with Gasteiger partial charge in [-0.05, 0) is 113 Å². The van der Waals surface area contributed by atoms with E-state index in [2.05, 4.69) is 120 Å². The Balaban J connectivity index is 1.36. The minimum atomic E-state index is -0.462. The molecule has 0 bridgehead atoms. The molecule has 1 aliphatic rings. The average molecular weight is 534 g/mol. The van der Waals surface area contributed by atoms with Gasteiger partial charge in [0.15, 0.2) is 0 Å². The van der Waals surface area contributed by atoms with Gasteiger partial charge in [-0.25, -0.2) is 0 Å². The zero-order valence-electron chi connectivity index (χ0n) is 24.0. The van der Waals surface area contributed by atoms with Gasteiger partial charge in [0.25, 0.3) is 0 Å². The Morgan fingerprint density at radius 2 is 1.12 bits per heavy atom. The summed E-state index contributed by atoms with van der Waals surface area (Å²) in [5.74, 6) is 0. The van der Waals surface area contributed by atoms with E-state index >= 15 is 0 Å². The fourth-order valence-corrected chi connectivity index (χ4v) is 6.61. The first kappa shape index (κ1) is 24.7. The summed E-state index contributed by atoms with van der Waals surface area (Å²) in [6, 6.07) is 34.9. The lowest BCUT2D eigenvalue weighted by atomic mass is 9.76. The van der Waals surface area contributed by atoms with Crippen molar-refractivity contribution < 1.29 is 13.7 Å². The first-order valence-corrected chi connectivity index (χ1v) is 14.4. The molecule has 1 aromatic heterocycles. The van der Waals surface area contributed by atoms with Crippen LogP contribution in [-0.2, 0) is 9.31 Å². The third kappa shape index (κ3) is 3.54. The van der Waals surface area contributed by atoms with Crippen LogP contribution in [0.1, 0.15) is 33.3 Å². The molecule has 6 aromatic carbocycles. The molecule has 0 N–H and O–H groups in total. The molecule has 1 aliphatic heterocycles. The van der Waals surface area contributed by atoms with Crippen LogP contribution in [0.3, 0.4) is 0 Å². The van der Waals surface area contributed by atoms with Crippen LogP contribution in [0.15, 0.2) is 101 Å². The highest BCUT2D eigenvalue weighted by atomic mass is 16.7. The number of benzene rings is 6. The van der Waals surface area contributed by atoms with E-state index in [0.717, 1.165) is 33.0 Å². The molecule has 200 valence electrons. The Morgan fingerprint density at radius 1 is 0.512 bits per heavy atom. The second-order valence-corrected chi connectivity index (χ2v) is 12.4. The van der Waals surface area contributed by atoms with Gasteiger partial charge in [0.1, 0.15) is 11.2 Å². The molecule has 0 atom stereocenters. The minimum absolute atomic E-state index is 0.417. The molecule has 0 amide bonds. The van der Waals surface area contributed by atoms with Gasteiger partial charge in [-0.15, -0.1) is 0 Å². The molecule has 3 nitrogen and oxygen atoms in total. The second-order valence-electron chi connectivity index (χ2n) is 12.4. The minimum Gasteiger partial charge on any atom is -0.456 e. The maximum Gasteiger partial charge on any atom is 0.495 e. The van der Waals surface area contributed by atoms with Crippen LogP contribution in [-0.4, -0.2) is 18.3 Å². The Labute approximate surface area is 239 Å². The normalized spacial score (nSPS) is 16.6. The highest BCUT2D eigenvalue weighted by molar-refractivity contribution is 6.66. The smallest absolute Gasteiger partial charge is 0.456 e. The predicted octanol–water partition coefficient (Wildman–Crippen LogP) is 9.32. The van der Waals surface area contributed by atoms with Crippen LogP contribution in [0.4, 0.5) is 0 Å². The number of fused-ring (bicyclic) bond motifs is 9. The zero-order valence-corrected chi connectivity index (χ0v) is 24.0. The van der Waals surface area contributed by atoms with Gasteiger partial charge in [0.2, 0.25) is 0 Å². The summed E-state index contributed by atoms with van der Waals surface area (Å²) in [5, 5.41) is 9.90. The van der Waals surface area contributed by atoms with Crippen LogP contribution in [0.2, 0.25) is 0 Å². The van der Waals surface area contributed by atoms with Crippen molar-refractivity contribution in [3.63, 3.8) is 0 Å². The van der Waals surface area contributed by atoms with Crippen LogP contribution in [0, 0.1) is 6.92 Å². The quantitative estimate of drug-likeness (QED) is 0.164. The van der Waals surface area contributed by atoms with Gasteiger partial charge in [-0.1, -0.05) is 72.8 Å². The third-order valence-electron chi connectivity index (χ3n) is 9.41. The van der Waals surface area contributed by atoms with Gasteiger partial charge < -0.3 is 13.7 Å². The molecular formula is C37H31BO3. The Bertz CT molecular complexity index is 2170. The molecular weight excluding hydrogens is 503 g/mol. The molecule has 0 spiro atoms. The number of rotatable bonds is 2. The molecule has 1 fully saturated rings. The van der Waals surface area contributed by atoms with Crippen molar-refractivity contribution >= 4 is 66.8 Å².